The van der Waals surface area contributed by atoms with Crippen LogP contribution in [0.4, 0.5) is 17.1 Å². The molecule has 10 atom stereocenters. The summed E-state index contributed by atoms with van der Waals surface area (Å²) in [6.07, 6.45) is 9.92. The molecule has 0 aromatic heterocycles. The van der Waals surface area contributed by atoms with Crippen LogP contribution in [0, 0.1) is 82.8 Å². The number of hydrazone groups is 1. The zero-order chi connectivity index (χ0) is 34.3. The van der Waals surface area contributed by atoms with Crippen LogP contribution in [0.25, 0.3) is 0 Å². The Morgan fingerprint density at radius 1 is 0.957 bits per heavy atom. The van der Waals surface area contributed by atoms with Gasteiger partial charge in [-0.05, 0) is 116 Å². The Bertz CT molecular complexity index is 1540. The van der Waals surface area contributed by atoms with Gasteiger partial charge in [-0.3, -0.25) is 30.4 Å². The number of nitrogens with zero attached hydrogens (tertiary/aromatic N) is 3. The minimum Gasteiger partial charge on any atom is -0.481 e. The second-order valence-corrected chi connectivity index (χ2v) is 17.0. The molecule has 0 aliphatic heterocycles. The Labute approximate surface area is 276 Å². The molecule has 2 N–H and O–H groups in total. The van der Waals surface area contributed by atoms with Crippen molar-refractivity contribution in [3.63, 3.8) is 0 Å². The van der Waals surface area contributed by atoms with Crippen molar-refractivity contribution in [2.75, 3.05) is 5.43 Å². The van der Waals surface area contributed by atoms with E-state index in [1.807, 2.05) is 6.92 Å². The van der Waals surface area contributed by atoms with Gasteiger partial charge < -0.3 is 9.90 Å². The van der Waals surface area contributed by atoms with Crippen LogP contribution in [-0.2, 0) is 9.59 Å². The summed E-state index contributed by atoms with van der Waals surface area (Å²) in [5.74, 6) is 0.414. The molecule has 11 nitrogen and oxygen atoms in total. The highest BCUT2D eigenvalue weighted by molar-refractivity contribution is 5.91. The van der Waals surface area contributed by atoms with Crippen LogP contribution < -0.4 is 5.43 Å². The lowest BCUT2D eigenvalue weighted by molar-refractivity contribution is -0.393. The molecule has 5 aliphatic rings. The molecule has 256 valence electrons. The number of fused-ring (bicyclic) bond motifs is 7. The van der Waals surface area contributed by atoms with Crippen molar-refractivity contribution in [2.24, 2.45) is 67.7 Å². The molecule has 1 aromatic rings. The average molecular weight is 651 g/mol. The second-order valence-electron chi connectivity index (χ2n) is 17.0. The molecule has 5 aliphatic carbocycles. The van der Waals surface area contributed by atoms with E-state index in [2.05, 4.69) is 40.0 Å². The van der Waals surface area contributed by atoms with Crippen LogP contribution in [0.15, 0.2) is 23.3 Å². The molecule has 0 bridgehead atoms. The summed E-state index contributed by atoms with van der Waals surface area (Å²) in [5, 5.41) is 38.3. The molecule has 6 rings (SSSR count). The van der Waals surface area contributed by atoms with Crippen molar-refractivity contribution in [3.8, 4) is 0 Å². The Hall–Kier alpha value is -3.37. The number of nitrogens with one attached hydrogen (secondary N) is 1. The standard InChI is InChI=1S/C36H50N4O7/c1-21(20-41)23-11-16-36(31(42)43)18-17-34(5)24(30(23)36)8-10-28-33(4)14-13-29(32(2,3)27(33)12-15-35(28,34)6)38-37-25-9-7-22(39(44)45)19-26(25)40(46)47/h7,9,19-21,23-24,27-28,30,37H,8,10-18H2,1-6H3,(H,42,43)/b38-29-/t21-,23-,24+,27-,28+,30+,33-,34+,35+,36-/m0/s1. The topological polar surface area (TPSA) is 165 Å². The molecular formula is C36H50N4O7. The van der Waals surface area contributed by atoms with Gasteiger partial charge in [0, 0.05) is 23.1 Å². The number of non-ortho nitro benzene ring substituents is 1. The maximum Gasteiger partial charge on any atom is 0.309 e. The quantitative estimate of drug-likeness (QED) is 0.169. The molecule has 0 amide bonds. The van der Waals surface area contributed by atoms with Gasteiger partial charge in [-0.15, -0.1) is 0 Å². The number of carbonyl (C=O) groups is 2. The first-order valence-corrected chi connectivity index (χ1v) is 17.4. The lowest BCUT2D eigenvalue weighted by Gasteiger charge is -2.72. The third kappa shape index (κ3) is 4.60. The summed E-state index contributed by atoms with van der Waals surface area (Å²) in [6, 6.07) is 3.56. The number of hydrogen-bond acceptors (Lipinski definition) is 8. The van der Waals surface area contributed by atoms with E-state index in [9.17, 15) is 34.9 Å². The van der Waals surface area contributed by atoms with E-state index in [1.54, 1.807) is 0 Å². The van der Waals surface area contributed by atoms with Crippen molar-refractivity contribution in [1.29, 1.82) is 0 Å². The van der Waals surface area contributed by atoms with Crippen LogP contribution in [-0.4, -0.2) is 32.9 Å². The molecule has 0 unspecified atom stereocenters. The molecular weight excluding hydrogens is 600 g/mol. The van der Waals surface area contributed by atoms with Gasteiger partial charge >= 0.3 is 11.7 Å². The number of benzene rings is 1. The SMILES string of the molecule is C[C@@H](C=O)[C@@H]1CC[C@]2(C(=O)O)CC[C@]3(C)[C@H](CC[C@@H]4[C@@]5(C)CC/C(=N/Nc6ccc([N+](=O)[O-])cc6[N+](=O)[O-])C(C)(C)[C@@H]5CC[C@]43C)[C@@H]12. The predicted molar refractivity (Wildman–Crippen MR) is 178 cm³/mol. The van der Waals surface area contributed by atoms with E-state index in [1.165, 1.54) is 12.1 Å². The molecule has 0 spiro atoms. The predicted octanol–water partition coefficient (Wildman–Crippen LogP) is 8.27. The summed E-state index contributed by atoms with van der Waals surface area (Å²) in [7, 11) is 0. The number of carboxylic acids is 1. The fourth-order valence-corrected chi connectivity index (χ4v) is 12.7. The van der Waals surface area contributed by atoms with Crippen LogP contribution in [0.2, 0.25) is 0 Å². The molecule has 0 saturated heterocycles. The lowest BCUT2D eigenvalue weighted by Crippen LogP contribution is -2.66. The molecule has 0 heterocycles. The molecule has 11 heteroatoms. The van der Waals surface area contributed by atoms with Crippen LogP contribution in [0.3, 0.4) is 0 Å². The van der Waals surface area contributed by atoms with Crippen LogP contribution in [0.5, 0.6) is 0 Å². The van der Waals surface area contributed by atoms with Gasteiger partial charge in [-0.25, -0.2) is 0 Å². The van der Waals surface area contributed by atoms with E-state index >= 15 is 0 Å². The smallest absolute Gasteiger partial charge is 0.309 e. The number of carboxylic acid groups (broad SMARTS) is 1. The first-order valence-electron chi connectivity index (χ1n) is 17.4. The Morgan fingerprint density at radius 2 is 1.68 bits per heavy atom. The summed E-state index contributed by atoms with van der Waals surface area (Å²) >= 11 is 0. The van der Waals surface area contributed by atoms with E-state index in [4.69, 9.17) is 5.10 Å². The summed E-state index contributed by atoms with van der Waals surface area (Å²) < 4.78 is 0. The number of rotatable bonds is 7. The van der Waals surface area contributed by atoms with Gasteiger partial charge in [0.05, 0.1) is 21.3 Å². The lowest BCUT2D eigenvalue weighted by atomic mass is 9.32. The van der Waals surface area contributed by atoms with E-state index in [-0.39, 0.29) is 62.4 Å². The molecule has 0 radical (unpaired) electrons. The summed E-state index contributed by atoms with van der Waals surface area (Å²) in [4.78, 5) is 46.7. The third-order valence-electron chi connectivity index (χ3n) is 15.3. The van der Waals surface area contributed by atoms with Crippen molar-refractivity contribution in [1.82, 2.24) is 0 Å². The van der Waals surface area contributed by atoms with Gasteiger partial charge in [0.15, 0.2) is 0 Å². The maximum atomic E-state index is 13.0. The fourth-order valence-electron chi connectivity index (χ4n) is 12.7. The number of anilines is 1. The van der Waals surface area contributed by atoms with E-state index in [0.717, 1.165) is 69.4 Å². The van der Waals surface area contributed by atoms with Crippen molar-refractivity contribution >= 4 is 35.0 Å². The normalized spacial score (nSPS) is 41.8. The van der Waals surface area contributed by atoms with Gasteiger partial charge in [-0.2, -0.15) is 5.10 Å². The molecule has 47 heavy (non-hydrogen) atoms. The van der Waals surface area contributed by atoms with E-state index < -0.39 is 21.2 Å². The van der Waals surface area contributed by atoms with Gasteiger partial charge in [0.25, 0.3) is 5.69 Å². The van der Waals surface area contributed by atoms with Crippen molar-refractivity contribution in [3.05, 3.63) is 38.4 Å². The monoisotopic (exact) mass is 650 g/mol. The van der Waals surface area contributed by atoms with Gasteiger partial charge in [-0.1, -0.05) is 41.5 Å². The third-order valence-corrected chi connectivity index (χ3v) is 15.3. The number of hydrogen-bond donors (Lipinski definition) is 2. The van der Waals surface area contributed by atoms with Crippen LogP contribution >= 0.6 is 0 Å². The van der Waals surface area contributed by atoms with E-state index in [0.29, 0.717) is 24.7 Å². The zero-order valence-corrected chi connectivity index (χ0v) is 28.6. The van der Waals surface area contributed by atoms with Crippen molar-refractivity contribution in [2.45, 2.75) is 106 Å². The molecule has 5 fully saturated rings. The molecule has 1 aromatic carbocycles. The first-order chi connectivity index (χ1) is 22.0. The van der Waals surface area contributed by atoms with Gasteiger partial charge in [0.2, 0.25) is 0 Å². The highest BCUT2D eigenvalue weighted by atomic mass is 16.6. The minimum absolute atomic E-state index is 0.0202. The largest absolute Gasteiger partial charge is 0.481 e. The van der Waals surface area contributed by atoms with Gasteiger partial charge in [0.1, 0.15) is 12.0 Å². The minimum atomic E-state index is -0.722. The number of aliphatic carboxylic acids is 1. The number of aldehydes is 1. The number of carbonyl (C=O) groups excluding carboxylic acids is 1. The Morgan fingerprint density at radius 3 is 2.32 bits per heavy atom. The number of nitro benzene ring substituents is 2. The summed E-state index contributed by atoms with van der Waals surface area (Å²) in [6.45, 7) is 13.9. The maximum absolute atomic E-state index is 13.0. The zero-order valence-electron chi connectivity index (χ0n) is 28.6. The first kappa shape index (κ1) is 33.5. The van der Waals surface area contributed by atoms with Crippen molar-refractivity contribution < 1.29 is 24.5 Å². The molecule has 5 saturated carbocycles. The fraction of sp³-hybridized carbons (Fsp3) is 0.750. The number of nitro groups is 2. The highest BCUT2D eigenvalue weighted by Gasteiger charge is 2.72. The average Bonchev–Trinajstić information content (AvgIpc) is 3.41. The second kappa shape index (κ2) is 11.1. The summed E-state index contributed by atoms with van der Waals surface area (Å²) in [5.41, 5.74) is 2.31. The highest BCUT2D eigenvalue weighted by Crippen LogP contribution is 2.77. The Kier molecular flexibility index (Phi) is 7.91. The van der Waals surface area contributed by atoms with Crippen LogP contribution in [0.1, 0.15) is 106 Å². The Balaban J connectivity index is 1.30.